The molecule has 1 unspecified atom stereocenters. The van der Waals surface area contributed by atoms with Crippen molar-refractivity contribution in [2.24, 2.45) is 11.8 Å². The van der Waals surface area contributed by atoms with Crippen LogP contribution >= 0.6 is 0 Å². The Kier molecular flexibility index (Phi) is 4.32. The highest BCUT2D eigenvalue weighted by atomic mass is 16.2. The molecule has 0 N–H and O–H groups in total. The molecular weight excluding hydrogens is 300 g/mol. The van der Waals surface area contributed by atoms with Crippen LogP contribution in [0.2, 0.25) is 0 Å². The summed E-state index contributed by atoms with van der Waals surface area (Å²) in [5, 5.41) is 4.23. The standard InChI is InChI=1S/C19H24N4O/c24-19(17-6-7-18-20-14-21-23(18)13-17)22-10-8-16(9-11-22)12-15-4-2-1-3-5-15/h1-5,14,16-17H,6-13H2. The van der Waals surface area contributed by atoms with Crippen molar-refractivity contribution in [1.82, 2.24) is 19.7 Å². The molecule has 2 aromatic rings. The van der Waals surface area contributed by atoms with Crippen molar-refractivity contribution in [1.29, 1.82) is 0 Å². The van der Waals surface area contributed by atoms with Gasteiger partial charge in [-0.2, -0.15) is 5.10 Å². The van der Waals surface area contributed by atoms with E-state index in [0.29, 0.717) is 18.4 Å². The molecule has 24 heavy (non-hydrogen) atoms. The molecule has 1 aromatic heterocycles. The molecule has 1 atom stereocenters. The second-order valence-electron chi connectivity index (χ2n) is 7.05. The predicted molar refractivity (Wildman–Crippen MR) is 91.3 cm³/mol. The van der Waals surface area contributed by atoms with Gasteiger partial charge in [0, 0.05) is 19.5 Å². The van der Waals surface area contributed by atoms with Crippen molar-refractivity contribution in [2.75, 3.05) is 13.1 Å². The van der Waals surface area contributed by atoms with E-state index in [1.807, 2.05) is 4.68 Å². The van der Waals surface area contributed by atoms with Crippen LogP contribution in [-0.2, 0) is 24.2 Å². The first-order valence-electron chi connectivity index (χ1n) is 8.99. The van der Waals surface area contributed by atoms with E-state index in [4.69, 9.17) is 0 Å². The lowest BCUT2D eigenvalue weighted by Crippen LogP contribution is -2.44. The zero-order valence-electron chi connectivity index (χ0n) is 14.0. The van der Waals surface area contributed by atoms with Crippen LogP contribution in [0.25, 0.3) is 0 Å². The van der Waals surface area contributed by atoms with Crippen molar-refractivity contribution < 1.29 is 4.79 Å². The van der Waals surface area contributed by atoms with Gasteiger partial charge in [0.15, 0.2) is 0 Å². The van der Waals surface area contributed by atoms with Crippen molar-refractivity contribution >= 4 is 5.91 Å². The smallest absolute Gasteiger partial charge is 0.227 e. The number of carbonyl (C=O) groups is 1. The average Bonchev–Trinajstić information content (AvgIpc) is 3.10. The minimum atomic E-state index is 0.0740. The summed E-state index contributed by atoms with van der Waals surface area (Å²) in [5.74, 6) is 2.10. The van der Waals surface area contributed by atoms with E-state index in [1.54, 1.807) is 6.33 Å². The molecule has 5 heteroatoms. The Morgan fingerprint density at radius 2 is 1.92 bits per heavy atom. The van der Waals surface area contributed by atoms with Crippen LogP contribution in [0.4, 0.5) is 0 Å². The van der Waals surface area contributed by atoms with Crippen LogP contribution in [0.3, 0.4) is 0 Å². The maximum absolute atomic E-state index is 12.8. The number of nitrogens with zero attached hydrogens (tertiary/aromatic N) is 4. The molecule has 0 aliphatic carbocycles. The lowest BCUT2D eigenvalue weighted by Gasteiger charge is -2.35. The highest BCUT2D eigenvalue weighted by Crippen LogP contribution is 2.25. The van der Waals surface area contributed by atoms with Crippen LogP contribution < -0.4 is 0 Å². The maximum atomic E-state index is 12.8. The Morgan fingerprint density at radius 1 is 1.12 bits per heavy atom. The van der Waals surface area contributed by atoms with Gasteiger partial charge in [0.05, 0.1) is 12.5 Å². The minimum Gasteiger partial charge on any atom is -0.342 e. The van der Waals surface area contributed by atoms with Gasteiger partial charge in [-0.05, 0) is 37.2 Å². The molecule has 5 nitrogen and oxygen atoms in total. The summed E-state index contributed by atoms with van der Waals surface area (Å²) in [4.78, 5) is 19.1. The van der Waals surface area contributed by atoms with Crippen LogP contribution in [-0.4, -0.2) is 38.7 Å². The fourth-order valence-corrected chi connectivity index (χ4v) is 4.00. The summed E-state index contributed by atoms with van der Waals surface area (Å²) in [5.41, 5.74) is 1.41. The van der Waals surface area contributed by atoms with E-state index < -0.39 is 0 Å². The Hall–Kier alpha value is -2.17. The number of piperidine rings is 1. The number of aromatic nitrogens is 3. The third-order valence-electron chi connectivity index (χ3n) is 5.45. The number of hydrogen-bond acceptors (Lipinski definition) is 3. The second kappa shape index (κ2) is 6.75. The van der Waals surface area contributed by atoms with Crippen LogP contribution in [0.5, 0.6) is 0 Å². The molecule has 1 amide bonds. The summed E-state index contributed by atoms with van der Waals surface area (Å²) < 4.78 is 1.90. The maximum Gasteiger partial charge on any atom is 0.227 e. The number of benzene rings is 1. The summed E-state index contributed by atoms with van der Waals surface area (Å²) in [7, 11) is 0. The molecule has 1 saturated heterocycles. The molecule has 1 aromatic carbocycles. The summed E-state index contributed by atoms with van der Waals surface area (Å²) in [6.45, 7) is 2.49. The van der Waals surface area contributed by atoms with E-state index in [9.17, 15) is 4.79 Å². The molecule has 0 bridgehead atoms. The van der Waals surface area contributed by atoms with Gasteiger partial charge in [0.2, 0.25) is 5.91 Å². The van der Waals surface area contributed by atoms with E-state index in [2.05, 4.69) is 45.3 Å². The van der Waals surface area contributed by atoms with Crippen molar-refractivity contribution in [2.45, 2.75) is 38.6 Å². The second-order valence-corrected chi connectivity index (χ2v) is 7.05. The van der Waals surface area contributed by atoms with Crippen molar-refractivity contribution in [3.05, 3.63) is 48.0 Å². The first-order chi connectivity index (χ1) is 11.8. The van der Waals surface area contributed by atoms with E-state index in [0.717, 1.165) is 51.0 Å². The highest BCUT2D eigenvalue weighted by molar-refractivity contribution is 5.79. The SMILES string of the molecule is O=C(C1CCc2ncnn2C1)N1CCC(Cc2ccccc2)CC1. The Morgan fingerprint density at radius 3 is 2.71 bits per heavy atom. The lowest BCUT2D eigenvalue weighted by atomic mass is 9.89. The Bertz CT molecular complexity index is 688. The highest BCUT2D eigenvalue weighted by Gasteiger charge is 2.31. The van der Waals surface area contributed by atoms with Gasteiger partial charge in [-0.15, -0.1) is 0 Å². The number of hydrogen-bond donors (Lipinski definition) is 0. The number of amides is 1. The Labute approximate surface area is 142 Å². The number of rotatable bonds is 3. The molecule has 1 fully saturated rings. The molecule has 3 heterocycles. The first-order valence-corrected chi connectivity index (χ1v) is 8.99. The topological polar surface area (TPSA) is 51.0 Å². The van der Waals surface area contributed by atoms with Gasteiger partial charge in [0.1, 0.15) is 12.2 Å². The van der Waals surface area contributed by atoms with Gasteiger partial charge in [-0.1, -0.05) is 30.3 Å². The Balaban J connectivity index is 1.30. The number of likely N-dealkylation sites (tertiary alicyclic amines) is 1. The van der Waals surface area contributed by atoms with Crippen molar-refractivity contribution in [3.63, 3.8) is 0 Å². The van der Waals surface area contributed by atoms with Gasteiger partial charge in [0.25, 0.3) is 0 Å². The predicted octanol–water partition coefficient (Wildman–Crippen LogP) is 2.32. The van der Waals surface area contributed by atoms with Crippen LogP contribution in [0, 0.1) is 11.8 Å². The minimum absolute atomic E-state index is 0.0740. The molecule has 2 aliphatic heterocycles. The monoisotopic (exact) mass is 324 g/mol. The van der Waals surface area contributed by atoms with Crippen molar-refractivity contribution in [3.8, 4) is 0 Å². The van der Waals surface area contributed by atoms with Gasteiger partial charge in [-0.25, -0.2) is 9.67 Å². The molecule has 0 radical (unpaired) electrons. The van der Waals surface area contributed by atoms with Gasteiger partial charge in [-0.3, -0.25) is 4.79 Å². The van der Waals surface area contributed by atoms with E-state index in [1.165, 1.54) is 5.56 Å². The summed E-state index contributed by atoms with van der Waals surface area (Å²) in [6.07, 6.45) is 6.72. The molecule has 0 saturated carbocycles. The summed E-state index contributed by atoms with van der Waals surface area (Å²) in [6, 6.07) is 10.7. The van der Waals surface area contributed by atoms with Crippen LogP contribution in [0.15, 0.2) is 36.7 Å². The number of aryl methyl sites for hydroxylation is 1. The zero-order chi connectivity index (χ0) is 16.4. The quantitative estimate of drug-likeness (QED) is 0.871. The van der Waals surface area contributed by atoms with E-state index in [-0.39, 0.29) is 5.92 Å². The normalized spacial score (nSPS) is 21.5. The molecule has 2 aliphatic rings. The molecule has 0 spiro atoms. The first kappa shape index (κ1) is 15.4. The van der Waals surface area contributed by atoms with E-state index >= 15 is 0 Å². The lowest BCUT2D eigenvalue weighted by molar-refractivity contribution is -0.138. The van der Waals surface area contributed by atoms with Crippen LogP contribution in [0.1, 0.15) is 30.7 Å². The molecular formula is C19H24N4O. The largest absolute Gasteiger partial charge is 0.342 e. The fraction of sp³-hybridized carbons (Fsp3) is 0.526. The number of carbonyl (C=O) groups excluding carboxylic acids is 1. The zero-order valence-corrected chi connectivity index (χ0v) is 14.0. The third-order valence-corrected chi connectivity index (χ3v) is 5.45. The molecule has 126 valence electrons. The summed E-state index contributed by atoms with van der Waals surface area (Å²) >= 11 is 0. The van der Waals surface area contributed by atoms with Gasteiger partial charge >= 0.3 is 0 Å². The van der Waals surface area contributed by atoms with Gasteiger partial charge < -0.3 is 4.90 Å². The third kappa shape index (κ3) is 3.21. The average molecular weight is 324 g/mol. The molecule has 4 rings (SSSR count). The fourth-order valence-electron chi connectivity index (χ4n) is 4.00. The number of fused-ring (bicyclic) bond motifs is 1.